The molecule has 0 aliphatic heterocycles. The van der Waals surface area contributed by atoms with Gasteiger partial charge in [0.1, 0.15) is 18.8 Å². The minimum Gasteiger partial charge on any atom is -0.449 e. The topological polar surface area (TPSA) is 96.5 Å². The molecule has 176 valence electrons. The molecule has 0 heterocycles. The largest absolute Gasteiger partial charge is 0.449 e. The SMILES string of the molecule is CC(C)C[C@H](NC(=O)OCC1c2ccccc2-c2ccccc21)C(=O)N[C@H](NC=O)C(C)C. The quantitative estimate of drug-likeness (QED) is 0.378. The van der Waals surface area contributed by atoms with Crippen molar-refractivity contribution in [3.8, 4) is 11.1 Å². The van der Waals surface area contributed by atoms with Gasteiger partial charge in [0.25, 0.3) is 0 Å². The maximum absolute atomic E-state index is 12.9. The Labute approximate surface area is 195 Å². The Hall–Kier alpha value is -3.35. The Balaban J connectivity index is 1.66. The van der Waals surface area contributed by atoms with Crippen molar-refractivity contribution in [2.24, 2.45) is 11.8 Å². The van der Waals surface area contributed by atoms with E-state index in [1.54, 1.807) is 0 Å². The zero-order chi connectivity index (χ0) is 24.0. The summed E-state index contributed by atoms with van der Waals surface area (Å²) in [6.07, 6.45) is -0.153. The highest BCUT2D eigenvalue weighted by molar-refractivity contribution is 5.86. The molecule has 2 aromatic rings. The maximum Gasteiger partial charge on any atom is 0.407 e. The molecule has 0 radical (unpaired) electrons. The molecule has 1 aliphatic carbocycles. The van der Waals surface area contributed by atoms with Crippen LogP contribution in [0.3, 0.4) is 0 Å². The number of ether oxygens (including phenoxy) is 1. The number of nitrogens with one attached hydrogen (secondary N) is 3. The van der Waals surface area contributed by atoms with Gasteiger partial charge in [-0.3, -0.25) is 9.59 Å². The minimum atomic E-state index is -0.768. The Morgan fingerprint density at radius 3 is 2.03 bits per heavy atom. The zero-order valence-corrected chi connectivity index (χ0v) is 19.6. The van der Waals surface area contributed by atoms with E-state index >= 15 is 0 Å². The fraction of sp³-hybridized carbons (Fsp3) is 0.423. The van der Waals surface area contributed by atoms with Gasteiger partial charge in [0.15, 0.2) is 0 Å². The van der Waals surface area contributed by atoms with Gasteiger partial charge in [-0.05, 0) is 40.5 Å². The Kier molecular flexibility index (Phi) is 8.09. The molecule has 0 unspecified atom stereocenters. The second kappa shape index (κ2) is 11.0. The van der Waals surface area contributed by atoms with E-state index in [2.05, 4.69) is 40.2 Å². The molecule has 0 aromatic heterocycles. The van der Waals surface area contributed by atoms with Crippen molar-refractivity contribution in [1.29, 1.82) is 0 Å². The molecule has 0 fully saturated rings. The lowest BCUT2D eigenvalue weighted by Gasteiger charge is -2.26. The Morgan fingerprint density at radius 2 is 1.52 bits per heavy atom. The number of rotatable bonds is 10. The second-order valence-electron chi connectivity index (χ2n) is 9.17. The van der Waals surface area contributed by atoms with Crippen molar-refractivity contribution in [2.75, 3.05) is 6.61 Å². The lowest BCUT2D eigenvalue weighted by atomic mass is 9.98. The number of benzene rings is 2. The molecule has 3 rings (SSSR count). The number of hydrogen-bond donors (Lipinski definition) is 3. The molecular weight excluding hydrogens is 418 g/mol. The summed E-state index contributed by atoms with van der Waals surface area (Å²) in [7, 11) is 0. The smallest absolute Gasteiger partial charge is 0.407 e. The average Bonchev–Trinajstić information content (AvgIpc) is 3.10. The molecule has 7 heteroatoms. The third-order valence-corrected chi connectivity index (χ3v) is 5.87. The van der Waals surface area contributed by atoms with Crippen LogP contribution in [0.1, 0.15) is 51.2 Å². The lowest BCUT2D eigenvalue weighted by Crippen LogP contribution is -2.55. The van der Waals surface area contributed by atoms with Crippen molar-refractivity contribution in [3.63, 3.8) is 0 Å². The van der Waals surface area contributed by atoms with Gasteiger partial charge in [0.05, 0.1) is 0 Å². The van der Waals surface area contributed by atoms with Gasteiger partial charge in [0, 0.05) is 5.92 Å². The first kappa shape index (κ1) is 24.3. The third kappa shape index (κ3) is 5.92. The highest BCUT2D eigenvalue weighted by atomic mass is 16.5. The first-order valence-electron chi connectivity index (χ1n) is 11.4. The first-order valence-corrected chi connectivity index (χ1v) is 11.4. The van der Waals surface area contributed by atoms with Crippen LogP contribution in [0.4, 0.5) is 4.79 Å². The maximum atomic E-state index is 12.9. The molecule has 3 N–H and O–H groups in total. The predicted molar refractivity (Wildman–Crippen MR) is 127 cm³/mol. The van der Waals surface area contributed by atoms with Gasteiger partial charge in [-0.2, -0.15) is 0 Å². The van der Waals surface area contributed by atoms with Gasteiger partial charge in [-0.1, -0.05) is 76.2 Å². The van der Waals surface area contributed by atoms with Crippen molar-refractivity contribution in [3.05, 3.63) is 59.7 Å². The number of alkyl carbamates (subject to hydrolysis) is 1. The summed E-state index contributed by atoms with van der Waals surface area (Å²) < 4.78 is 5.60. The van der Waals surface area contributed by atoms with Gasteiger partial charge >= 0.3 is 6.09 Å². The highest BCUT2D eigenvalue weighted by Gasteiger charge is 2.30. The molecule has 2 aromatic carbocycles. The molecule has 0 saturated heterocycles. The summed E-state index contributed by atoms with van der Waals surface area (Å²) in [6.45, 7) is 7.90. The van der Waals surface area contributed by atoms with E-state index in [1.165, 1.54) is 0 Å². The van der Waals surface area contributed by atoms with Crippen molar-refractivity contribution < 1.29 is 19.1 Å². The Bertz CT molecular complexity index is 944. The predicted octanol–water partition coefficient (Wildman–Crippen LogP) is 3.78. The van der Waals surface area contributed by atoms with E-state index < -0.39 is 18.3 Å². The van der Waals surface area contributed by atoms with E-state index in [0.29, 0.717) is 12.8 Å². The van der Waals surface area contributed by atoms with Crippen LogP contribution < -0.4 is 16.0 Å². The van der Waals surface area contributed by atoms with Gasteiger partial charge in [-0.25, -0.2) is 4.79 Å². The fourth-order valence-electron chi connectivity index (χ4n) is 4.21. The van der Waals surface area contributed by atoms with Crippen LogP contribution in [-0.4, -0.2) is 37.2 Å². The van der Waals surface area contributed by atoms with E-state index in [0.717, 1.165) is 22.3 Å². The number of carbonyl (C=O) groups excluding carboxylic acids is 3. The van der Waals surface area contributed by atoms with Crippen LogP contribution in [0.25, 0.3) is 11.1 Å². The average molecular weight is 452 g/mol. The molecule has 0 spiro atoms. The van der Waals surface area contributed by atoms with Gasteiger partial charge in [0.2, 0.25) is 12.3 Å². The minimum absolute atomic E-state index is 0.00620. The van der Waals surface area contributed by atoms with Gasteiger partial charge in [-0.15, -0.1) is 0 Å². The molecule has 33 heavy (non-hydrogen) atoms. The molecular formula is C26H33N3O4. The summed E-state index contributed by atoms with van der Waals surface area (Å²) in [5, 5.41) is 8.12. The highest BCUT2D eigenvalue weighted by Crippen LogP contribution is 2.44. The number of amides is 3. The van der Waals surface area contributed by atoms with Crippen molar-refractivity contribution in [1.82, 2.24) is 16.0 Å². The fourth-order valence-corrected chi connectivity index (χ4v) is 4.21. The monoisotopic (exact) mass is 451 g/mol. The molecule has 0 saturated carbocycles. The number of carbonyl (C=O) groups is 3. The number of hydrogen-bond acceptors (Lipinski definition) is 4. The van der Waals surface area contributed by atoms with Gasteiger partial charge < -0.3 is 20.7 Å². The van der Waals surface area contributed by atoms with Crippen LogP contribution in [0.2, 0.25) is 0 Å². The number of fused-ring (bicyclic) bond motifs is 3. The molecule has 3 amide bonds. The Morgan fingerprint density at radius 1 is 0.939 bits per heavy atom. The summed E-state index contributed by atoms with van der Waals surface area (Å²) in [4.78, 5) is 36.4. The lowest BCUT2D eigenvalue weighted by molar-refractivity contribution is -0.125. The molecule has 0 bridgehead atoms. The zero-order valence-electron chi connectivity index (χ0n) is 19.6. The van der Waals surface area contributed by atoms with Crippen molar-refractivity contribution >= 4 is 18.4 Å². The van der Waals surface area contributed by atoms with E-state index in [4.69, 9.17) is 4.74 Å². The standard InChI is InChI=1S/C26H33N3O4/c1-16(2)13-23(25(31)29-24(17(3)4)27-15-30)28-26(32)33-14-22-20-11-7-5-9-18(20)19-10-6-8-12-21(19)22/h5-12,15-17,22-24H,13-14H2,1-4H3,(H,27,30)(H,28,32)(H,29,31)/t23-,24-/m0/s1. The summed E-state index contributed by atoms with van der Waals surface area (Å²) in [6, 6.07) is 15.5. The van der Waals surface area contributed by atoms with E-state index in [-0.39, 0.29) is 30.3 Å². The summed E-state index contributed by atoms with van der Waals surface area (Å²) >= 11 is 0. The van der Waals surface area contributed by atoms with Crippen LogP contribution in [0.5, 0.6) is 0 Å². The normalized spacial score (nSPS) is 14.2. The van der Waals surface area contributed by atoms with E-state index in [9.17, 15) is 14.4 Å². The van der Waals surface area contributed by atoms with Crippen molar-refractivity contribution in [2.45, 2.75) is 52.2 Å². The molecule has 1 aliphatic rings. The van der Waals surface area contributed by atoms with Crippen LogP contribution in [0, 0.1) is 11.8 Å². The first-order chi connectivity index (χ1) is 15.8. The summed E-state index contributed by atoms with van der Waals surface area (Å²) in [5.74, 6) is -0.243. The van der Waals surface area contributed by atoms with Crippen LogP contribution in [-0.2, 0) is 14.3 Å². The van der Waals surface area contributed by atoms with Crippen LogP contribution >= 0.6 is 0 Å². The summed E-state index contributed by atoms with van der Waals surface area (Å²) in [5.41, 5.74) is 4.56. The molecule has 7 nitrogen and oxygen atoms in total. The van der Waals surface area contributed by atoms with Crippen LogP contribution in [0.15, 0.2) is 48.5 Å². The van der Waals surface area contributed by atoms with E-state index in [1.807, 2.05) is 52.0 Å². The second-order valence-corrected chi connectivity index (χ2v) is 9.17. The molecule has 2 atom stereocenters. The third-order valence-electron chi connectivity index (χ3n) is 5.87.